The van der Waals surface area contributed by atoms with Crippen molar-refractivity contribution in [3.05, 3.63) is 65.6 Å². The molecule has 1 aliphatic heterocycles. The Labute approximate surface area is 129 Å². The third-order valence-corrected chi connectivity index (χ3v) is 3.42. The average Bonchev–Trinajstić information content (AvgIpc) is 2.54. The summed E-state index contributed by atoms with van der Waals surface area (Å²) in [6.07, 6.45) is 6.91. The van der Waals surface area contributed by atoms with Gasteiger partial charge in [-0.25, -0.2) is 9.97 Å². The fraction of sp³-hybridized carbons (Fsp3) is 0.235. The smallest absolute Gasteiger partial charge is 0.215 e. The van der Waals surface area contributed by atoms with Crippen LogP contribution in [0.2, 0.25) is 0 Å². The van der Waals surface area contributed by atoms with E-state index in [4.69, 9.17) is 4.74 Å². The van der Waals surface area contributed by atoms with E-state index in [0.717, 1.165) is 17.5 Å². The summed E-state index contributed by atoms with van der Waals surface area (Å²) < 4.78 is 5.61. The van der Waals surface area contributed by atoms with Gasteiger partial charge in [-0.1, -0.05) is 36.4 Å². The second kappa shape index (κ2) is 6.95. The second-order valence-electron chi connectivity index (χ2n) is 5.07. The molecule has 112 valence electrons. The van der Waals surface area contributed by atoms with Crippen molar-refractivity contribution >= 4 is 12.2 Å². The number of nitrogens with zero attached hydrogens (tertiary/aromatic N) is 3. The number of carbonyl (C=O) groups is 1. The van der Waals surface area contributed by atoms with Gasteiger partial charge in [0.2, 0.25) is 6.41 Å². The van der Waals surface area contributed by atoms with Gasteiger partial charge in [0.1, 0.15) is 11.6 Å². The molecule has 0 unspecified atom stereocenters. The van der Waals surface area contributed by atoms with Gasteiger partial charge in [0.15, 0.2) is 0 Å². The van der Waals surface area contributed by atoms with E-state index >= 15 is 0 Å². The molecule has 0 radical (unpaired) electrons. The highest BCUT2D eigenvalue weighted by molar-refractivity contribution is 5.73. The molecule has 1 aromatic carbocycles. The molecule has 1 aromatic heterocycles. The molecule has 1 aliphatic rings. The number of hydrogen-bond donors (Lipinski definition) is 0. The number of benzene rings is 1. The summed E-state index contributed by atoms with van der Waals surface area (Å²) in [5.74, 6) is 1.31. The Morgan fingerprint density at radius 3 is 3.00 bits per heavy atom. The highest BCUT2D eigenvalue weighted by Gasteiger charge is 2.08. The number of carbonyl (C=O) groups excluding carboxylic acids is 1. The van der Waals surface area contributed by atoms with Crippen molar-refractivity contribution in [1.82, 2.24) is 9.97 Å². The molecule has 0 aliphatic carbocycles. The minimum atomic E-state index is 0.467. The van der Waals surface area contributed by atoms with Crippen LogP contribution in [-0.4, -0.2) is 29.5 Å². The monoisotopic (exact) mass is 295 g/mol. The zero-order valence-corrected chi connectivity index (χ0v) is 12.2. The maximum atomic E-state index is 11.2. The molecular weight excluding hydrogens is 278 g/mol. The molecular formula is C17H17N3O2. The quantitative estimate of drug-likeness (QED) is 0.597. The van der Waals surface area contributed by atoms with Gasteiger partial charge in [0.25, 0.3) is 0 Å². The summed E-state index contributed by atoms with van der Waals surface area (Å²) in [7, 11) is 0. The minimum absolute atomic E-state index is 0.467. The fourth-order valence-electron chi connectivity index (χ4n) is 2.34. The third kappa shape index (κ3) is 3.56. The molecule has 1 amide bonds. The van der Waals surface area contributed by atoms with Crippen LogP contribution in [0.15, 0.2) is 48.7 Å². The first kappa shape index (κ1) is 14.4. The van der Waals surface area contributed by atoms with Crippen LogP contribution in [0.1, 0.15) is 17.0 Å². The number of ether oxygens (including phenoxy) is 1. The normalized spacial score (nSPS) is 15.2. The number of amides is 1. The van der Waals surface area contributed by atoms with Crippen molar-refractivity contribution in [2.75, 3.05) is 18.1 Å². The van der Waals surface area contributed by atoms with Gasteiger partial charge in [0, 0.05) is 19.2 Å². The summed E-state index contributed by atoms with van der Waals surface area (Å²) in [4.78, 5) is 21.6. The molecule has 2 aromatic rings. The lowest BCUT2D eigenvalue weighted by atomic mass is 10.1. The van der Waals surface area contributed by atoms with E-state index in [-0.39, 0.29) is 0 Å². The largest absolute Gasteiger partial charge is 0.373 e. The molecule has 0 fully saturated rings. The van der Waals surface area contributed by atoms with Gasteiger partial charge in [-0.3, -0.25) is 9.69 Å². The summed E-state index contributed by atoms with van der Waals surface area (Å²) in [6, 6.07) is 9.94. The molecule has 0 N–H and O–H groups in total. The van der Waals surface area contributed by atoms with Crippen LogP contribution in [-0.2, 0) is 22.6 Å². The summed E-state index contributed by atoms with van der Waals surface area (Å²) in [6.45, 7) is 1.55. The highest BCUT2D eigenvalue weighted by Crippen LogP contribution is 2.13. The molecule has 2 heterocycles. The van der Waals surface area contributed by atoms with E-state index in [9.17, 15) is 4.79 Å². The van der Waals surface area contributed by atoms with E-state index in [1.165, 1.54) is 0 Å². The van der Waals surface area contributed by atoms with Crippen molar-refractivity contribution in [1.29, 1.82) is 0 Å². The Kier molecular flexibility index (Phi) is 4.56. The van der Waals surface area contributed by atoms with E-state index in [2.05, 4.69) is 16.0 Å². The Hall–Kier alpha value is -2.53. The predicted octanol–water partition coefficient (Wildman–Crippen LogP) is 2.12. The summed E-state index contributed by atoms with van der Waals surface area (Å²) in [5, 5.41) is 0. The first-order valence-corrected chi connectivity index (χ1v) is 7.19. The Morgan fingerprint density at radius 1 is 1.18 bits per heavy atom. The standard InChI is InChI=1S/C17H17N3O2/c21-13-20-8-1-2-9-22-12-15-5-3-4-14(10-15)11-16-18-7-6-17(20)19-16/h1-7,10,13H,8-9,11-12H2. The Bertz CT molecular complexity index is 685. The highest BCUT2D eigenvalue weighted by atomic mass is 16.5. The number of aromatic nitrogens is 2. The van der Waals surface area contributed by atoms with Crippen LogP contribution >= 0.6 is 0 Å². The maximum Gasteiger partial charge on any atom is 0.215 e. The molecule has 0 saturated carbocycles. The number of hydrogen-bond acceptors (Lipinski definition) is 4. The summed E-state index contributed by atoms with van der Waals surface area (Å²) in [5.41, 5.74) is 2.26. The predicted molar refractivity (Wildman–Crippen MR) is 83.5 cm³/mol. The van der Waals surface area contributed by atoms with Crippen LogP contribution in [0.5, 0.6) is 0 Å². The summed E-state index contributed by atoms with van der Waals surface area (Å²) >= 11 is 0. The second-order valence-corrected chi connectivity index (χ2v) is 5.07. The van der Waals surface area contributed by atoms with Crippen LogP contribution < -0.4 is 4.90 Å². The van der Waals surface area contributed by atoms with Gasteiger partial charge in [0.05, 0.1) is 13.2 Å². The van der Waals surface area contributed by atoms with Crippen LogP contribution in [0.25, 0.3) is 0 Å². The molecule has 0 spiro atoms. The molecule has 5 nitrogen and oxygen atoms in total. The maximum absolute atomic E-state index is 11.2. The zero-order chi connectivity index (χ0) is 15.2. The molecule has 3 rings (SSSR count). The molecule has 4 bridgehead atoms. The average molecular weight is 295 g/mol. The number of rotatable bonds is 1. The van der Waals surface area contributed by atoms with Gasteiger partial charge in [-0.15, -0.1) is 0 Å². The van der Waals surface area contributed by atoms with Crippen molar-refractivity contribution in [2.45, 2.75) is 13.0 Å². The van der Waals surface area contributed by atoms with Gasteiger partial charge in [-0.2, -0.15) is 0 Å². The molecule has 0 atom stereocenters. The van der Waals surface area contributed by atoms with Crippen LogP contribution in [0.4, 0.5) is 5.82 Å². The van der Waals surface area contributed by atoms with E-state index in [1.807, 2.05) is 30.4 Å². The van der Waals surface area contributed by atoms with E-state index < -0.39 is 0 Å². The fourth-order valence-corrected chi connectivity index (χ4v) is 2.34. The van der Waals surface area contributed by atoms with Crippen LogP contribution in [0, 0.1) is 0 Å². The SMILES string of the molecule is O=CN1CC=CCOCc2cccc(c2)Cc2nccc1n2. The van der Waals surface area contributed by atoms with Gasteiger partial charge < -0.3 is 4.74 Å². The lowest BCUT2D eigenvalue weighted by Crippen LogP contribution is -2.22. The lowest BCUT2D eigenvalue weighted by Gasteiger charge is -2.15. The Morgan fingerprint density at radius 2 is 2.09 bits per heavy atom. The van der Waals surface area contributed by atoms with E-state index in [0.29, 0.717) is 37.8 Å². The molecule has 22 heavy (non-hydrogen) atoms. The van der Waals surface area contributed by atoms with Crippen LogP contribution in [0.3, 0.4) is 0 Å². The van der Waals surface area contributed by atoms with Crippen molar-refractivity contribution in [3.8, 4) is 0 Å². The third-order valence-electron chi connectivity index (χ3n) is 3.42. The first-order valence-electron chi connectivity index (χ1n) is 7.19. The minimum Gasteiger partial charge on any atom is -0.373 e. The van der Waals surface area contributed by atoms with Crippen molar-refractivity contribution < 1.29 is 9.53 Å². The zero-order valence-electron chi connectivity index (χ0n) is 12.2. The van der Waals surface area contributed by atoms with E-state index in [1.54, 1.807) is 17.2 Å². The lowest BCUT2D eigenvalue weighted by molar-refractivity contribution is -0.107. The van der Waals surface area contributed by atoms with Crippen molar-refractivity contribution in [2.24, 2.45) is 0 Å². The van der Waals surface area contributed by atoms with Gasteiger partial charge >= 0.3 is 0 Å². The Balaban J connectivity index is 1.95. The molecule has 5 heteroatoms. The van der Waals surface area contributed by atoms with Gasteiger partial charge in [-0.05, 0) is 17.2 Å². The van der Waals surface area contributed by atoms with Crippen molar-refractivity contribution in [3.63, 3.8) is 0 Å². The molecule has 0 saturated heterocycles. The first-order chi connectivity index (χ1) is 10.8. The topological polar surface area (TPSA) is 55.3 Å². The number of fused-ring (bicyclic) bond motifs is 4. The number of anilines is 1.